The molecule has 0 bridgehead atoms. The van der Waals surface area contributed by atoms with Crippen LogP contribution in [0.5, 0.6) is 0 Å². The number of aromatic amines is 1. The minimum absolute atomic E-state index is 0.00856. The van der Waals surface area contributed by atoms with Crippen molar-refractivity contribution in [3.63, 3.8) is 0 Å². The Balaban J connectivity index is 1.36. The highest BCUT2D eigenvalue weighted by Crippen LogP contribution is 2.33. The summed E-state index contributed by atoms with van der Waals surface area (Å²) in [6.45, 7) is 11.4. The van der Waals surface area contributed by atoms with Crippen molar-refractivity contribution < 1.29 is 9.90 Å². The zero-order chi connectivity index (χ0) is 28.6. The number of anilines is 2. The van der Waals surface area contributed by atoms with Crippen molar-refractivity contribution in [3.05, 3.63) is 70.4 Å². The lowest BCUT2D eigenvalue weighted by atomic mass is 9.93. The summed E-state index contributed by atoms with van der Waals surface area (Å²) in [7, 11) is 2.17. The molecule has 8 nitrogen and oxygen atoms in total. The van der Waals surface area contributed by atoms with E-state index >= 15 is 0 Å². The maximum atomic E-state index is 13.0. The second-order valence-corrected chi connectivity index (χ2v) is 11.7. The van der Waals surface area contributed by atoms with Crippen molar-refractivity contribution in [2.45, 2.75) is 39.2 Å². The fraction of sp³-hybridized carbons (Fsp3) is 0.406. The average Bonchev–Trinajstić information content (AvgIpc) is 3.28. The fourth-order valence-electron chi connectivity index (χ4n) is 5.90. The number of aromatic nitrogens is 1. The van der Waals surface area contributed by atoms with Crippen LogP contribution in [0.25, 0.3) is 22.9 Å². The summed E-state index contributed by atoms with van der Waals surface area (Å²) in [6.07, 6.45) is 5.00. The molecular formula is C32H42N6O2. The van der Waals surface area contributed by atoms with E-state index < -0.39 is 5.60 Å². The van der Waals surface area contributed by atoms with Gasteiger partial charge in [0.2, 0.25) is 0 Å². The lowest BCUT2D eigenvalue weighted by molar-refractivity contribution is -0.00202. The largest absolute Gasteiger partial charge is 0.398 e. The van der Waals surface area contributed by atoms with Gasteiger partial charge in [0.05, 0.1) is 5.60 Å². The van der Waals surface area contributed by atoms with Gasteiger partial charge in [0.15, 0.2) is 0 Å². The molecule has 0 atom stereocenters. The number of H-pyrrole nitrogens is 1. The molecule has 1 amide bonds. The predicted octanol–water partition coefficient (Wildman–Crippen LogP) is 4.08. The van der Waals surface area contributed by atoms with Crippen molar-refractivity contribution in [2.24, 2.45) is 5.73 Å². The molecule has 2 fully saturated rings. The van der Waals surface area contributed by atoms with Crippen LogP contribution in [-0.4, -0.2) is 77.7 Å². The van der Waals surface area contributed by atoms with E-state index in [-0.39, 0.29) is 5.91 Å². The van der Waals surface area contributed by atoms with Crippen molar-refractivity contribution in [3.8, 4) is 11.1 Å². The number of nitrogens with zero attached hydrogens (tertiary/aromatic N) is 3. The SMILES string of the molecule is Cc1cc(/C(N)=C/c2c(-c3ccc(C(=O)N4CCC(C)(O)CC4)cc3)c[nH]c2N)cc(C)c1N1CCN(C)CC1. The van der Waals surface area contributed by atoms with Gasteiger partial charge in [-0.05, 0) is 93.3 Å². The van der Waals surface area contributed by atoms with Gasteiger partial charge in [-0.2, -0.15) is 0 Å². The monoisotopic (exact) mass is 542 g/mol. The number of aryl methyl sites for hydroxylation is 2. The molecule has 0 saturated carbocycles. The molecule has 0 aliphatic carbocycles. The van der Waals surface area contributed by atoms with E-state index in [1.54, 1.807) is 0 Å². The van der Waals surface area contributed by atoms with Crippen LogP contribution in [0.4, 0.5) is 11.5 Å². The summed E-state index contributed by atoms with van der Waals surface area (Å²) in [5.41, 5.74) is 21.0. The second-order valence-electron chi connectivity index (χ2n) is 11.7. The normalized spacial score (nSPS) is 18.3. The first kappa shape index (κ1) is 27.8. The maximum Gasteiger partial charge on any atom is 0.253 e. The Morgan fingerprint density at radius 2 is 1.57 bits per heavy atom. The van der Waals surface area contributed by atoms with E-state index in [4.69, 9.17) is 11.5 Å². The third kappa shape index (κ3) is 5.74. The molecule has 2 aliphatic rings. The van der Waals surface area contributed by atoms with E-state index in [1.165, 1.54) is 16.8 Å². The Hall–Kier alpha value is -3.75. The van der Waals surface area contributed by atoms with Gasteiger partial charge in [0.25, 0.3) is 5.91 Å². The highest BCUT2D eigenvalue weighted by Gasteiger charge is 2.30. The molecule has 2 saturated heterocycles. The Morgan fingerprint density at radius 1 is 0.975 bits per heavy atom. The molecule has 2 aliphatic heterocycles. The number of nitrogens with one attached hydrogen (secondary N) is 1. The number of benzene rings is 2. The van der Waals surface area contributed by atoms with Crippen molar-refractivity contribution in [1.29, 1.82) is 0 Å². The summed E-state index contributed by atoms with van der Waals surface area (Å²) in [6, 6.07) is 11.9. The van der Waals surface area contributed by atoms with Crippen LogP contribution in [0.3, 0.4) is 0 Å². The lowest BCUT2D eigenvalue weighted by Gasteiger charge is -2.36. The van der Waals surface area contributed by atoms with Gasteiger partial charge in [-0.3, -0.25) is 4.79 Å². The average molecular weight is 543 g/mol. The van der Waals surface area contributed by atoms with Gasteiger partial charge >= 0.3 is 0 Å². The highest BCUT2D eigenvalue weighted by atomic mass is 16.3. The number of amides is 1. The minimum atomic E-state index is -0.690. The zero-order valence-corrected chi connectivity index (χ0v) is 24.1. The van der Waals surface area contributed by atoms with Gasteiger partial charge in [-0.15, -0.1) is 0 Å². The molecule has 3 heterocycles. The highest BCUT2D eigenvalue weighted by molar-refractivity contribution is 5.95. The van der Waals surface area contributed by atoms with Crippen molar-refractivity contribution in [2.75, 3.05) is 56.9 Å². The molecule has 5 rings (SSSR count). The summed E-state index contributed by atoms with van der Waals surface area (Å²) in [5, 5.41) is 10.2. The molecule has 6 N–H and O–H groups in total. The number of piperazine rings is 1. The Morgan fingerprint density at radius 3 is 2.17 bits per heavy atom. The third-order valence-corrected chi connectivity index (χ3v) is 8.47. The quantitative estimate of drug-likeness (QED) is 0.386. The molecule has 212 valence electrons. The number of rotatable bonds is 5. The fourth-order valence-corrected chi connectivity index (χ4v) is 5.90. The number of carbonyl (C=O) groups is 1. The van der Waals surface area contributed by atoms with E-state index in [1.807, 2.05) is 48.4 Å². The molecule has 0 spiro atoms. The lowest BCUT2D eigenvalue weighted by Crippen LogP contribution is -2.45. The topological polar surface area (TPSA) is 115 Å². The van der Waals surface area contributed by atoms with Gasteiger partial charge in [0.1, 0.15) is 5.82 Å². The van der Waals surface area contributed by atoms with Crippen LogP contribution in [0.1, 0.15) is 52.4 Å². The number of nitrogen functional groups attached to an aromatic ring is 1. The van der Waals surface area contributed by atoms with Gasteiger partial charge in [0, 0.05) is 73.5 Å². The van der Waals surface area contributed by atoms with Crippen LogP contribution in [0.2, 0.25) is 0 Å². The molecule has 0 radical (unpaired) electrons. The van der Waals surface area contributed by atoms with E-state index in [2.05, 4.69) is 47.8 Å². The molecule has 3 aromatic rings. The predicted molar refractivity (Wildman–Crippen MR) is 164 cm³/mol. The first-order valence-electron chi connectivity index (χ1n) is 14.1. The summed E-state index contributed by atoms with van der Waals surface area (Å²) in [5.74, 6) is 0.534. The molecule has 8 heteroatoms. The third-order valence-electron chi connectivity index (χ3n) is 8.47. The number of nitrogens with two attached hydrogens (primary N) is 2. The Bertz CT molecular complexity index is 1380. The number of hydrogen-bond donors (Lipinski definition) is 4. The molecular weight excluding hydrogens is 500 g/mol. The Kier molecular flexibility index (Phi) is 7.66. The standard InChI is InChI=1S/C32H42N6O2/c1-21-17-25(18-22(2)29(21)37-15-13-36(4)14-16-37)28(33)19-26-27(20-35-30(26)34)23-5-7-24(8-6-23)31(39)38-11-9-32(3,40)10-12-38/h5-8,17-20,35,40H,9-16,33-34H2,1-4H3/b28-19-. The smallest absolute Gasteiger partial charge is 0.253 e. The zero-order valence-electron chi connectivity index (χ0n) is 24.1. The number of likely N-dealkylation sites (N-methyl/N-ethyl adjacent to an activating group) is 1. The maximum absolute atomic E-state index is 13.0. The van der Waals surface area contributed by atoms with Crippen molar-refractivity contribution in [1.82, 2.24) is 14.8 Å². The molecule has 0 unspecified atom stereocenters. The molecule has 1 aromatic heterocycles. The van der Waals surface area contributed by atoms with E-state index in [0.717, 1.165) is 48.4 Å². The number of piperidine rings is 1. The number of carbonyl (C=O) groups excluding carboxylic acids is 1. The summed E-state index contributed by atoms with van der Waals surface area (Å²) < 4.78 is 0. The number of aliphatic hydroxyl groups is 1. The molecule has 2 aromatic carbocycles. The number of likely N-dealkylation sites (tertiary alicyclic amines) is 1. The number of hydrogen-bond acceptors (Lipinski definition) is 6. The van der Waals surface area contributed by atoms with Crippen LogP contribution >= 0.6 is 0 Å². The van der Waals surface area contributed by atoms with Crippen LogP contribution in [0, 0.1) is 13.8 Å². The van der Waals surface area contributed by atoms with E-state index in [9.17, 15) is 9.90 Å². The molecule has 40 heavy (non-hydrogen) atoms. The van der Waals surface area contributed by atoms with E-state index in [0.29, 0.717) is 43.0 Å². The first-order valence-corrected chi connectivity index (χ1v) is 14.1. The van der Waals surface area contributed by atoms with Crippen LogP contribution in [0.15, 0.2) is 42.6 Å². The Labute approximate surface area is 237 Å². The summed E-state index contributed by atoms with van der Waals surface area (Å²) >= 11 is 0. The van der Waals surface area contributed by atoms with Crippen LogP contribution < -0.4 is 16.4 Å². The van der Waals surface area contributed by atoms with Gasteiger partial charge in [-0.25, -0.2) is 0 Å². The first-order chi connectivity index (χ1) is 19.0. The van der Waals surface area contributed by atoms with Gasteiger partial charge < -0.3 is 36.3 Å². The van der Waals surface area contributed by atoms with Crippen LogP contribution in [-0.2, 0) is 0 Å². The van der Waals surface area contributed by atoms with Gasteiger partial charge in [-0.1, -0.05) is 12.1 Å². The summed E-state index contributed by atoms with van der Waals surface area (Å²) in [4.78, 5) is 22.8. The van der Waals surface area contributed by atoms with Crippen molar-refractivity contribution >= 4 is 29.2 Å². The second kappa shape index (κ2) is 11.0. The minimum Gasteiger partial charge on any atom is -0.398 e.